The van der Waals surface area contributed by atoms with Crippen molar-refractivity contribution < 1.29 is 39.9 Å². The monoisotopic (exact) mass is 943 g/mol. The third-order valence-electron chi connectivity index (χ3n) is 10.1. The van der Waals surface area contributed by atoms with Crippen LogP contribution in [0.2, 0.25) is 0 Å². The molecule has 0 aliphatic rings. The largest absolute Gasteiger partial charge is 3.00 e. The third kappa shape index (κ3) is 7.68. The molecule has 8 nitrogen and oxygen atoms in total. The van der Waals surface area contributed by atoms with E-state index in [1.807, 2.05) is 182 Å². The fourth-order valence-corrected chi connectivity index (χ4v) is 7.42. The molecule has 10 rings (SSSR count). The Morgan fingerprint density at radius 1 is 0.322 bits per heavy atom. The summed E-state index contributed by atoms with van der Waals surface area (Å²) in [5, 5.41) is 31.6. The van der Waals surface area contributed by atoms with Crippen LogP contribution in [0.5, 0.6) is 0 Å². The molecule has 0 radical (unpaired) electrons. The first-order valence-corrected chi connectivity index (χ1v) is 18.5. The van der Waals surface area contributed by atoms with Gasteiger partial charge in [0, 0.05) is 22.3 Å². The molecule has 0 saturated carbocycles. The number of nitrogens with zero attached hydrogens (tertiary/aromatic N) is 4. The van der Waals surface area contributed by atoms with Gasteiger partial charge >= 0.3 is 20.1 Å². The molecule has 0 aliphatic heterocycles. The second kappa shape index (κ2) is 16.6. The molecule has 0 amide bonds. The van der Waals surface area contributed by atoms with E-state index in [2.05, 4.69) is 19.9 Å². The van der Waals surface area contributed by atoms with Crippen LogP contribution in [0.1, 0.15) is 21.2 Å². The Balaban J connectivity index is 0.000000161. The Morgan fingerprint density at radius 3 is 0.780 bits per heavy atom. The van der Waals surface area contributed by atoms with E-state index in [1.165, 1.54) is 0 Å². The summed E-state index contributed by atoms with van der Waals surface area (Å²) >= 11 is 0. The predicted octanol–water partition coefficient (Wildman–Crippen LogP) is 8.96. The van der Waals surface area contributed by atoms with Crippen molar-refractivity contribution in [1.82, 2.24) is 19.9 Å². The first kappa shape index (κ1) is 38.4. The summed E-state index contributed by atoms with van der Waals surface area (Å²) in [4.78, 5) is 40.5. The molecule has 0 N–H and O–H groups in total. The van der Waals surface area contributed by atoms with Gasteiger partial charge in [0.15, 0.2) is 11.6 Å². The SMILES string of the molecule is O=C([O-])c1nc(-c2cccc3ccccc23)cc(-c2cccc3ccccc23)n1.O=C([O-])c1nc(-c2cccc3ccccc23)cc(-c2cccc3ccccc23)n1.[Ir+3]. The Morgan fingerprint density at radius 2 is 0.542 bits per heavy atom. The van der Waals surface area contributed by atoms with Crippen LogP contribution in [-0.4, -0.2) is 31.9 Å². The van der Waals surface area contributed by atoms with E-state index in [4.69, 9.17) is 0 Å². The summed E-state index contributed by atoms with van der Waals surface area (Å²) in [6.07, 6.45) is 0. The first-order valence-electron chi connectivity index (χ1n) is 18.5. The topological polar surface area (TPSA) is 132 Å². The summed E-state index contributed by atoms with van der Waals surface area (Å²) in [5.41, 5.74) is 5.64. The maximum absolute atomic E-state index is 11.7. The molecule has 0 spiro atoms. The van der Waals surface area contributed by atoms with Crippen molar-refractivity contribution in [1.29, 1.82) is 0 Å². The summed E-state index contributed by atoms with van der Waals surface area (Å²) in [6, 6.07) is 59.1. The minimum atomic E-state index is -1.39. The molecule has 0 atom stereocenters. The van der Waals surface area contributed by atoms with Crippen LogP contribution < -0.4 is 10.2 Å². The van der Waals surface area contributed by atoms with Gasteiger partial charge < -0.3 is 19.8 Å². The van der Waals surface area contributed by atoms with E-state index < -0.39 is 11.9 Å². The smallest absolute Gasteiger partial charge is 0.542 e. The van der Waals surface area contributed by atoms with Gasteiger partial charge in [0.1, 0.15) is 11.9 Å². The Bertz CT molecular complexity index is 2790. The summed E-state index contributed by atoms with van der Waals surface area (Å²) in [5.74, 6) is -3.43. The number of rotatable bonds is 6. The van der Waals surface area contributed by atoms with Gasteiger partial charge in [-0.15, -0.1) is 0 Å². The van der Waals surface area contributed by atoms with Crippen molar-refractivity contribution in [2.24, 2.45) is 0 Å². The van der Waals surface area contributed by atoms with E-state index in [0.29, 0.717) is 22.8 Å². The number of carboxylic acids is 2. The molecule has 0 saturated heterocycles. The van der Waals surface area contributed by atoms with E-state index in [9.17, 15) is 19.8 Å². The molecule has 8 aromatic carbocycles. The van der Waals surface area contributed by atoms with Gasteiger partial charge in [0.25, 0.3) is 0 Å². The second-order valence-corrected chi connectivity index (χ2v) is 13.6. The van der Waals surface area contributed by atoms with Gasteiger partial charge in [0.2, 0.25) is 0 Å². The molecule has 10 aromatic rings. The number of hydrogen-bond donors (Lipinski definition) is 0. The van der Waals surface area contributed by atoms with Crippen molar-refractivity contribution in [3.63, 3.8) is 0 Å². The zero-order chi connectivity index (χ0) is 39.6. The Hall–Kier alpha value is -7.45. The van der Waals surface area contributed by atoms with Crippen molar-refractivity contribution >= 4 is 55.0 Å². The van der Waals surface area contributed by atoms with Crippen LogP contribution in [-0.2, 0) is 20.1 Å². The number of benzene rings is 8. The fraction of sp³-hybridized carbons (Fsp3) is 0. The van der Waals surface area contributed by atoms with Gasteiger partial charge in [-0.25, -0.2) is 19.9 Å². The molecule has 0 aliphatic carbocycles. The van der Waals surface area contributed by atoms with Crippen LogP contribution in [0.25, 0.3) is 88.1 Å². The van der Waals surface area contributed by atoms with Crippen molar-refractivity contribution in [3.05, 3.63) is 194 Å². The average Bonchev–Trinajstić information content (AvgIpc) is 3.28. The summed E-state index contributed by atoms with van der Waals surface area (Å²) < 4.78 is 0. The normalized spacial score (nSPS) is 10.8. The molecule has 2 aromatic heterocycles. The number of hydrogen-bond acceptors (Lipinski definition) is 8. The van der Waals surface area contributed by atoms with E-state index in [-0.39, 0.29) is 31.8 Å². The average molecular weight is 943 g/mol. The quantitative estimate of drug-likeness (QED) is 0.162. The number of fused-ring (bicyclic) bond motifs is 4. The second-order valence-electron chi connectivity index (χ2n) is 13.6. The van der Waals surface area contributed by atoms with Gasteiger partial charge in [0.05, 0.1) is 22.8 Å². The number of carbonyl (C=O) groups excluding carboxylic acids is 2. The molecule has 0 fully saturated rings. The minimum Gasteiger partial charge on any atom is -0.542 e. The molecule has 0 bridgehead atoms. The zero-order valence-corrected chi connectivity index (χ0v) is 33.5. The first-order chi connectivity index (χ1) is 28.4. The number of aromatic carboxylic acids is 2. The number of carboxylic acid groups (broad SMARTS) is 2. The van der Waals surface area contributed by atoms with Crippen molar-refractivity contribution in [3.8, 4) is 45.0 Å². The third-order valence-corrected chi connectivity index (χ3v) is 10.1. The maximum atomic E-state index is 11.7. The summed E-state index contributed by atoms with van der Waals surface area (Å²) in [6.45, 7) is 0. The summed E-state index contributed by atoms with van der Waals surface area (Å²) in [7, 11) is 0. The van der Waals surface area contributed by atoms with E-state index >= 15 is 0 Å². The molecule has 282 valence electrons. The van der Waals surface area contributed by atoms with Gasteiger partial charge in [-0.2, -0.15) is 0 Å². The molecular weight excluding hydrogens is 913 g/mol. The molecule has 9 heteroatoms. The molecule has 0 unspecified atom stereocenters. The Labute approximate surface area is 351 Å². The number of carbonyl (C=O) groups is 2. The molecule has 2 heterocycles. The predicted molar refractivity (Wildman–Crippen MR) is 224 cm³/mol. The van der Waals surface area contributed by atoms with Gasteiger partial charge in [-0.3, -0.25) is 0 Å². The zero-order valence-electron chi connectivity index (χ0n) is 31.1. The fourth-order valence-electron chi connectivity index (χ4n) is 7.42. The maximum Gasteiger partial charge on any atom is 3.00 e. The van der Waals surface area contributed by atoms with Crippen molar-refractivity contribution in [2.45, 2.75) is 0 Å². The Kier molecular flexibility index (Phi) is 10.8. The number of aromatic nitrogens is 4. The molecule has 59 heavy (non-hydrogen) atoms. The van der Waals surface area contributed by atoms with Gasteiger partial charge in [-0.05, 0) is 55.2 Å². The van der Waals surface area contributed by atoms with Crippen molar-refractivity contribution in [2.75, 3.05) is 0 Å². The standard InChI is InChI=1S/2C25H16N2O2.Ir/c2*28-25(29)24-26-22(20-13-5-9-16-7-1-3-11-18(16)20)15-23(27-24)21-14-6-10-17-8-2-4-12-19(17)21;/h2*1-15H,(H,28,29);/q;;+3/p-2. The molecular formula is C50H30IrN4O4+. The van der Waals surface area contributed by atoms with Crippen LogP contribution in [0.15, 0.2) is 182 Å². The van der Waals surface area contributed by atoms with E-state index in [1.54, 1.807) is 0 Å². The van der Waals surface area contributed by atoms with Crippen LogP contribution in [0, 0.1) is 0 Å². The van der Waals surface area contributed by atoms with E-state index in [0.717, 1.165) is 65.3 Å². The van der Waals surface area contributed by atoms with Crippen LogP contribution in [0.4, 0.5) is 0 Å². The van der Waals surface area contributed by atoms with Crippen LogP contribution in [0.3, 0.4) is 0 Å². The van der Waals surface area contributed by atoms with Gasteiger partial charge in [-0.1, -0.05) is 170 Å². The minimum absolute atomic E-state index is 0. The van der Waals surface area contributed by atoms with Crippen LogP contribution >= 0.6 is 0 Å².